The molecule has 1 unspecified atom stereocenters. The summed E-state index contributed by atoms with van der Waals surface area (Å²) in [6.07, 6.45) is 0.240. The van der Waals surface area contributed by atoms with E-state index in [1.807, 2.05) is 24.3 Å². The van der Waals surface area contributed by atoms with Crippen molar-refractivity contribution in [2.24, 2.45) is 5.73 Å². The van der Waals surface area contributed by atoms with Gasteiger partial charge in [-0.15, -0.1) is 0 Å². The Hall–Kier alpha value is -2.57. The number of amides is 3. The molecule has 3 amide bonds. The molecule has 2 atom stereocenters. The highest BCUT2D eigenvalue weighted by molar-refractivity contribution is 5.88. The quantitative estimate of drug-likeness (QED) is 0.732. The zero-order valence-electron chi connectivity index (χ0n) is 11.6. The highest BCUT2D eigenvalue weighted by Gasteiger charge is 2.35. The van der Waals surface area contributed by atoms with Crippen LogP contribution in [0, 0.1) is 0 Å². The number of urea groups is 1. The summed E-state index contributed by atoms with van der Waals surface area (Å²) in [7, 11) is 0. The molecule has 7 nitrogen and oxygen atoms in total. The van der Waals surface area contributed by atoms with Crippen molar-refractivity contribution >= 4 is 17.9 Å². The van der Waals surface area contributed by atoms with E-state index in [2.05, 4.69) is 5.32 Å². The summed E-state index contributed by atoms with van der Waals surface area (Å²) < 4.78 is 0. The Labute approximate surface area is 121 Å². The van der Waals surface area contributed by atoms with Gasteiger partial charge in [0.1, 0.15) is 12.1 Å². The first kappa shape index (κ1) is 14.8. The minimum absolute atomic E-state index is 0.185. The van der Waals surface area contributed by atoms with Crippen molar-refractivity contribution in [2.75, 3.05) is 0 Å². The number of carbonyl (C=O) groups is 3. The van der Waals surface area contributed by atoms with Gasteiger partial charge in [-0.2, -0.15) is 0 Å². The van der Waals surface area contributed by atoms with Gasteiger partial charge in [-0.25, -0.2) is 9.59 Å². The lowest BCUT2D eigenvalue weighted by molar-refractivity contribution is -0.142. The highest BCUT2D eigenvalue weighted by atomic mass is 16.4. The van der Waals surface area contributed by atoms with E-state index < -0.39 is 30.0 Å². The number of fused-ring (bicyclic) bond motifs is 1. The first-order chi connectivity index (χ1) is 9.90. The number of carboxylic acids is 1. The molecule has 0 spiro atoms. The number of rotatable bonds is 3. The van der Waals surface area contributed by atoms with Crippen LogP contribution in [0.1, 0.15) is 18.1 Å². The third-order valence-corrected chi connectivity index (χ3v) is 3.56. The van der Waals surface area contributed by atoms with Crippen LogP contribution in [0.5, 0.6) is 0 Å². The number of nitrogens with zero attached hydrogens (tertiary/aromatic N) is 1. The average molecular weight is 291 g/mol. The normalized spacial score (nSPS) is 18.5. The zero-order valence-corrected chi connectivity index (χ0v) is 11.6. The number of nitrogens with one attached hydrogen (secondary N) is 1. The van der Waals surface area contributed by atoms with E-state index in [-0.39, 0.29) is 13.0 Å². The Morgan fingerprint density at radius 2 is 1.95 bits per heavy atom. The largest absolute Gasteiger partial charge is 0.480 e. The molecule has 1 aromatic carbocycles. The van der Waals surface area contributed by atoms with Crippen LogP contribution in [-0.2, 0) is 22.6 Å². The molecule has 1 heterocycles. The number of carboxylic acid groups (broad SMARTS) is 1. The maximum Gasteiger partial charge on any atom is 0.326 e. The van der Waals surface area contributed by atoms with Gasteiger partial charge < -0.3 is 21.1 Å². The molecule has 1 aromatic rings. The lowest BCUT2D eigenvalue weighted by Gasteiger charge is -2.34. The molecule has 0 aliphatic carbocycles. The van der Waals surface area contributed by atoms with Gasteiger partial charge in [-0.3, -0.25) is 4.79 Å². The number of hydrogen-bond donors (Lipinski definition) is 3. The molecule has 1 aliphatic rings. The van der Waals surface area contributed by atoms with Gasteiger partial charge in [0.2, 0.25) is 5.91 Å². The molecule has 2 rings (SSSR count). The second kappa shape index (κ2) is 5.82. The first-order valence-electron chi connectivity index (χ1n) is 6.56. The fourth-order valence-corrected chi connectivity index (χ4v) is 2.30. The van der Waals surface area contributed by atoms with Crippen molar-refractivity contribution in [1.29, 1.82) is 0 Å². The number of primary amides is 1. The molecule has 0 bridgehead atoms. The first-order valence-corrected chi connectivity index (χ1v) is 6.56. The second-order valence-electron chi connectivity index (χ2n) is 5.03. The summed E-state index contributed by atoms with van der Waals surface area (Å²) in [6.45, 7) is 1.64. The molecule has 0 radical (unpaired) electrons. The van der Waals surface area contributed by atoms with Crippen LogP contribution in [0.4, 0.5) is 4.79 Å². The number of carbonyl (C=O) groups excluding carboxylic acids is 2. The van der Waals surface area contributed by atoms with Crippen molar-refractivity contribution < 1.29 is 19.5 Å². The Bertz CT molecular complexity index is 587. The molecule has 1 aliphatic heterocycles. The van der Waals surface area contributed by atoms with Crippen LogP contribution in [0.15, 0.2) is 24.3 Å². The van der Waals surface area contributed by atoms with Gasteiger partial charge in [0.25, 0.3) is 0 Å². The van der Waals surface area contributed by atoms with E-state index in [4.69, 9.17) is 5.73 Å². The van der Waals surface area contributed by atoms with Crippen molar-refractivity contribution in [2.45, 2.75) is 32.0 Å². The smallest absolute Gasteiger partial charge is 0.326 e. The van der Waals surface area contributed by atoms with Crippen LogP contribution in [-0.4, -0.2) is 40.0 Å². The third kappa shape index (κ3) is 3.13. The minimum atomic E-state index is -1.08. The standard InChI is InChI=1S/C14H17N3O4/c1-8(12(15)18)16-14(21)17-7-10-5-3-2-4-9(10)6-11(17)13(19)20/h2-5,8,11H,6-7H2,1H3,(H2,15,18)(H,16,21)(H,19,20)/t8?,11-/m1/s1. The molecule has 21 heavy (non-hydrogen) atoms. The molecular weight excluding hydrogens is 274 g/mol. The molecule has 0 aromatic heterocycles. The third-order valence-electron chi connectivity index (χ3n) is 3.56. The van der Waals surface area contributed by atoms with Crippen LogP contribution < -0.4 is 11.1 Å². The molecule has 0 fully saturated rings. The number of aliphatic carboxylic acids is 1. The lowest BCUT2D eigenvalue weighted by Crippen LogP contribution is -2.55. The van der Waals surface area contributed by atoms with Crippen LogP contribution >= 0.6 is 0 Å². The molecule has 112 valence electrons. The molecular formula is C14H17N3O4. The molecule has 4 N–H and O–H groups in total. The SMILES string of the molecule is CC(NC(=O)N1Cc2ccccc2C[C@@H]1C(=O)O)C(N)=O. The summed E-state index contributed by atoms with van der Waals surface area (Å²) in [6, 6.07) is 4.95. The summed E-state index contributed by atoms with van der Waals surface area (Å²) >= 11 is 0. The highest BCUT2D eigenvalue weighted by Crippen LogP contribution is 2.23. The van der Waals surface area contributed by atoms with E-state index in [9.17, 15) is 19.5 Å². The van der Waals surface area contributed by atoms with Gasteiger partial charge in [0, 0.05) is 13.0 Å². The van der Waals surface area contributed by atoms with Crippen LogP contribution in [0.3, 0.4) is 0 Å². The Balaban J connectivity index is 2.22. The summed E-state index contributed by atoms with van der Waals surface area (Å²) in [5.74, 6) is -1.75. The number of hydrogen-bond acceptors (Lipinski definition) is 3. The summed E-state index contributed by atoms with van der Waals surface area (Å²) in [5, 5.41) is 11.7. The van der Waals surface area contributed by atoms with Crippen molar-refractivity contribution in [3.8, 4) is 0 Å². The fraction of sp³-hybridized carbons (Fsp3) is 0.357. The van der Waals surface area contributed by atoms with Gasteiger partial charge in [-0.05, 0) is 18.1 Å². The molecule has 0 saturated carbocycles. The Kier molecular flexibility index (Phi) is 4.11. The van der Waals surface area contributed by atoms with Gasteiger partial charge in [-0.1, -0.05) is 24.3 Å². The van der Waals surface area contributed by atoms with Crippen molar-refractivity contribution in [3.05, 3.63) is 35.4 Å². The number of nitrogens with two attached hydrogens (primary N) is 1. The van der Waals surface area contributed by atoms with Gasteiger partial charge in [0.15, 0.2) is 0 Å². The topological polar surface area (TPSA) is 113 Å². The lowest BCUT2D eigenvalue weighted by atomic mass is 9.94. The predicted molar refractivity (Wildman–Crippen MR) is 74.3 cm³/mol. The monoisotopic (exact) mass is 291 g/mol. The van der Waals surface area contributed by atoms with Gasteiger partial charge in [0.05, 0.1) is 0 Å². The van der Waals surface area contributed by atoms with E-state index in [0.717, 1.165) is 11.1 Å². The zero-order chi connectivity index (χ0) is 15.6. The molecule has 7 heteroatoms. The summed E-state index contributed by atoms with van der Waals surface area (Å²) in [5.41, 5.74) is 6.91. The maximum absolute atomic E-state index is 12.2. The van der Waals surface area contributed by atoms with Crippen molar-refractivity contribution in [3.63, 3.8) is 0 Å². The maximum atomic E-state index is 12.2. The van der Waals surface area contributed by atoms with E-state index in [0.29, 0.717) is 0 Å². The average Bonchev–Trinajstić information content (AvgIpc) is 2.45. The second-order valence-corrected chi connectivity index (χ2v) is 5.03. The van der Waals surface area contributed by atoms with Crippen LogP contribution in [0.2, 0.25) is 0 Å². The predicted octanol–water partition coefficient (Wildman–Crippen LogP) is 0.0813. The Morgan fingerprint density at radius 3 is 2.52 bits per heavy atom. The van der Waals surface area contributed by atoms with Gasteiger partial charge >= 0.3 is 12.0 Å². The van der Waals surface area contributed by atoms with Crippen LogP contribution in [0.25, 0.3) is 0 Å². The van der Waals surface area contributed by atoms with E-state index in [1.54, 1.807) is 0 Å². The van der Waals surface area contributed by atoms with E-state index >= 15 is 0 Å². The Morgan fingerprint density at radius 1 is 1.33 bits per heavy atom. The molecule has 0 saturated heterocycles. The fourth-order valence-electron chi connectivity index (χ4n) is 2.30. The number of benzene rings is 1. The van der Waals surface area contributed by atoms with E-state index in [1.165, 1.54) is 11.8 Å². The summed E-state index contributed by atoms with van der Waals surface area (Å²) in [4.78, 5) is 35.8. The minimum Gasteiger partial charge on any atom is -0.480 e. The van der Waals surface area contributed by atoms with Crippen molar-refractivity contribution in [1.82, 2.24) is 10.2 Å².